The zero-order valence-electron chi connectivity index (χ0n) is 8.38. The summed E-state index contributed by atoms with van der Waals surface area (Å²) in [5.74, 6) is 0. The van der Waals surface area contributed by atoms with Gasteiger partial charge in [-0.3, -0.25) is 4.79 Å². The first-order valence-electron chi connectivity index (χ1n) is 4.57. The summed E-state index contributed by atoms with van der Waals surface area (Å²) in [4.78, 5) is 11.6. The first-order valence-corrected chi connectivity index (χ1v) is 4.57. The largest absolute Gasteiger partial charge is 0.421 e. The summed E-state index contributed by atoms with van der Waals surface area (Å²) in [5.41, 5.74) is -1.62. The van der Waals surface area contributed by atoms with Crippen molar-refractivity contribution in [1.29, 1.82) is 0 Å². The number of hydrogen-bond donors (Lipinski definition) is 0. The van der Waals surface area contributed by atoms with E-state index in [0.29, 0.717) is 5.52 Å². The SMILES string of the molecule is Cn1cc(C(F)(F)F)c(=O)c2ccccc21. The van der Waals surface area contributed by atoms with Gasteiger partial charge in [0.15, 0.2) is 0 Å². The number of hydrogen-bond acceptors (Lipinski definition) is 1. The number of fused-ring (bicyclic) bond motifs is 1. The Morgan fingerprint density at radius 2 is 1.81 bits per heavy atom. The normalized spacial score (nSPS) is 12.0. The second-order valence-electron chi connectivity index (χ2n) is 3.50. The van der Waals surface area contributed by atoms with Gasteiger partial charge in [0.05, 0.1) is 5.52 Å². The third kappa shape index (κ3) is 1.58. The number of rotatable bonds is 0. The van der Waals surface area contributed by atoms with Gasteiger partial charge in [0, 0.05) is 18.6 Å². The lowest BCUT2D eigenvalue weighted by Gasteiger charge is -2.10. The van der Waals surface area contributed by atoms with Crippen LogP contribution in [0.2, 0.25) is 0 Å². The number of nitrogens with zero attached hydrogens (tertiary/aromatic N) is 1. The molecule has 16 heavy (non-hydrogen) atoms. The van der Waals surface area contributed by atoms with Crippen LogP contribution in [0.15, 0.2) is 35.3 Å². The molecule has 1 heterocycles. The standard InChI is InChI=1S/C11H8F3NO/c1-15-6-8(11(12,13)14)10(16)7-4-2-3-5-9(7)15/h2-6H,1H3. The lowest BCUT2D eigenvalue weighted by Crippen LogP contribution is -2.21. The second-order valence-corrected chi connectivity index (χ2v) is 3.50. The molecular weight excluding hydrogens is 219 g/mol. The first-order chi connectivity index (χ1) is 7.41. The minimum absolute atomic E-state index is 0.0832. The van der Waals surface area contributed by atoms with Crippen LogP contribution >= 0.6 is 0 Å². The topological polar surface area (TPSA) is 22.0 Å². The van der Waals surface area contributed by atoms with E-state index in [1.54, 1.807) is 18.2 Å². The minimum Gasteiger partial charge on any atom is -0.350 e. The van der Waals surface area contributed by atoms with Crippen molar-refractivity contribution < 1.29 is 13.2 Å². The zero-order valence-corrected chi connectivity index (χ0v) is 8.38. The number of halogens is 3. The van der Waals surface area contributed by atoms with Crippen LogP contribution in [0.25, 0.3) is 10.9 Å². The fourth-order valence-electron chi connectivity index (χ4n) is 1.64. The fourth-order valence-corrected chi connectivity index (χ4v) is 1.64. The van der Waals surface area contributed by atoms with Crippen molar-refractivity contribution in [2.45, 2.75) is 6.18 Å². The van der Waals surface area contributed by atoms with Crippen molar-refractivity contribution in [2.75, 3.05) is 0 Å². The van der Waals surface area contributed by atoms with Crippen molar-refractivity contribution in [1.82, 2.24) is 4.57 Å². The predicted octanol–water partition coefficient (Wildman–Crippen LogP) is 2.56. The van der Waals surface area contributed by atoms with Crippen molar-refractivity contribution in [2.24, 2.45) is 7.05 Å². The molecule has 2 rings (SSSR count). The number of aryl methyl sites for hydroxylation is 1. The van der Waals surface area contributed by atoms with Gasteiger partial charge < -0.3 is 4.57 Å². The Hall–Kier alpha value is -1.78. The lowest BCUT2D eigenvalue weighted by molar-refractivity contribution is -0.138. The van der Waals surface area contributed by atoms with Crippen molar-refractivity contribution in [3.8, 4) is 0 Å². The van der Waals surface area contributed by atoms with E-state index in [-0.39, 0.29) is 5.39 Å². The lowest BCUT2D eigenvalue weighted by atomic mass is 10.1. The Balaban J connectivity index is 2.92. The molecule has 1 aromatic carbocycles. The third-order valence-electron chi connectivity index (χ3n) is 2.40. The molecule has 84 valence electrons. The van der Waals surface area contributed by atoms with Crippen LogP contribution < -0.4 is 5.43 Å². The molecule has 0 saturated carbocycles. The predicted molar refractivity (Wildman–Crippen MR) is 54.2 cm³/mol. The van der Waals surface area contributed by atoms with Gasteiger partial charge in [0.1, 0.15) is 5.56 Å². The molecule has 0 N–H and O–H groups in total. The van der Waals surface area contributed by atoms with Gasteiger partial charge >= 0.3 is 6.18 Å². The van der Waals surface area contributed by atoms with Crippen LogP contribution in [0, 0.1) is 0 Å². The first kappa shape index (κ1) is 10.7. The quantitative estimate of drug-likeness (QED) is 0.678. The van der Waals surface area contributed by atoms with Crippen LogP contribution in [-0.2, 0) is 13.2 Å². The molecule has 0 spiro atoms. The van der Waals surface area contributed by atoms with E-state index in [0.717, 1.165) is 6.20 Å². The minimum atomic E-state index is -4.61. The Kier molecular flexibility index (Phi) is 2.26. The van der Waals surface area contributed by atoms with Crippen molar-refractivity contribution >= 4 is 10.9 Å². The maximum Gasteiger partial charge on any atom is 0.421 e. The third-order valence-corrected chi connectivity index (χ3v) is 2.40. The van der Waals surface area contributed by atoms with Gasteiger partial charge in [0.25, 0.3) is 0 Å². The number of aromatic nitrogens is 1. The summed E-state index contributed by atoms with van der Waals surface area (Å²) >= 11 is 0. The zero-order chi connectivity index (χ0) is 11.9. The maximum atomic E-state index is 12.5. The summed E-state index contributed by atoms with van der Waals surface area (Å²) < 4.78 is 38.9. The average Bonchev–Trinajstić information content (AvgIpc) is 2.22. The highest BCUT2D eigenvalue weighted by atomic mass is 19.4. The van der Waals surface area contributed by atoms with Crippen LogP contribution in [0.4, 0.5) is 13.2 Å². The fraction of sp³-hybridized carbons (Fsp3) is 0.182. The number of para-hydroxylation sites is 1. The van der Waals surface area contributed by atoms with E-state index < -0.39 is 17.2 Å². The van der Waals surface area contributed by atoms with Crippen molar-refractivity contribution in [3.63, 3.8) is 0 Å². The van der Waals surface area contributed by atoms with Crippen molar-refractivity contribution in [3.05, 3.63) is 46.2 Å². The molecule has 0 amide bonds. The molecule has 2 aromatic rings. The molecular formula is C11H8F3NO. The highest BCUT2D eigenvalue weighted by Gasteiger charge is 2.34. The molecule has 0 saturated heterocycles. The van der Waals surface area contributed by atoms with E-state index in [1.165, 1.54) is 17.7 Å². The molecule has 2 nitrogen and oxygen atoms in total. The highest BCUT2D eigenvalue weighted by molar-refractivity contribution is 5.79. The molecule has 0 radical (unpaired) electrons. The Labute approximate surface area is 88.9 Å². The molecule has 0 atom stereocenters. The number of alkyl halides is 3. The highest BCUT2D eigenvalue weighted by Crippen LogP contribution is 2.27. The smallest absolute Gasteiger partial charge is 0.350 e. The number of benzene rings is 1. The summed E-state index contributed by atoms with van der Waals surface area (Å²) in [6.45, 7) is 0. The van der Waals surface area contributed by atoms with E-state index in [2.05, 4.69) is 0 Å². The number of pyridine rings is 1. The van der Waals surface area contributed by atoms with E-state index >= 15 is 0 Å². The summed E-state index contributed by atoms with van der Waals surface area (Å²) in [7, 11) is 1.48. The van der Waals surface area contributed by atoms with Gasteiger partial charge in [0.2, 0.25) is 5.43 Å². The molecule has 5 heteroatoms. The average molecular weight is 227 g/mol. The molecule has 0 unspecified atom stereocenters. The van der Waals surface area contributed by atoms with E-state index in [9.17, 15) is 18.0 Å². The molecule has 0 aliphatic heterocycles. The Morgan fingerprint density at radius 1 is 1.19 bits per heavy atom. The van der Waals surface area contributed by atoms with Gasteiger partial charge in [-0.15, -0.1) is 0 Å². The maximum absolute atomic E-state index is 12.5. The molecule has 0 bridgehead atoms. The summed E-state index contributed by atoms with van der Waals surface area (Å²) in [6, 6.07) is 6.22. The Bertz CT molecular complexity index is 598. The van der Waals surface area contributed by atoms with Gasteiger partial charge in [-0.25, -0.2) is 0 Å². The van der Waals surface area contributed by atoms with Crippen LogP contribution in [0.3, 0.4) is 0 Å². The van der Waals surface area contributed by atoms with Crippen LogP contribution in [-0.4, -0.2) is 4.57 Å². The molecule has 0 aliphatic carbocycles. The second kappa shape index (κ2) is 3.37. The van der Waals surface area contributed by atoms with E-state index in [1.807, 2.05) is 0 Å². The van der Waals surface area contributed by atoms with Crippen LogP contribution in [0.5, 0.6) is 0 Å². The monoisotopic (exact) mass is 227 g/mol. The summed E-state index contributed by atoms with van der Waals surface area (Å²) in [5, 5.41) is 0.0832. The van der Waals surface area contributed by atoms with Gasteiger partial charge in [-0.05, 0) is 12.1 Å². The van der Waals surface area contributed by atoms with Gasteiger partial charge in [-0.2, -0.15) is 13.2 Å². The summed E-state index contributed by atoms with van der Waals surface area (Å²) in [6.07, 6.45) is -3.79. The molecule has 0 aliphatic rings. The van der Waals surface area contributed by atoms with Gasteiger partial charge in [-0.1, -0.05) is 12.1 Å². The molecule has 1 aromatic heterocycles. The van der Waals surface area contributed by atoms with Crippen LogP contribution in [0.1, 0.15) is 5.56 Å². The Morgan fingerprint density at radius 3 is 2.44 bits per heavy atom. The van der Waals surface area contributed by atoms with E-state index in [4.69, 9.17) is 0 Å². The molecule has 0 fully saturated rings.